The fraction of sp³-hybridized carbons (Fsp3) is 0.448. The summed E-state index contributed by atoms with van der Waals surface area (Å²) >= 11 is 1.13. The third-order valence-electron chi connectivity index (χ3n) is 7.02. The molecule has 13 nitrogen and oxygen atoms in total. The molecule has 43 heavy (non-hydrogen) atoms. The number of methoxy groups -OCH3 is 1. The fourth-order valence-electron chi connectivity index (χ4n) is 4.96. The molecule has 0 radical (unpaired) electrons. The Morgan fingerprint density at radius 2 is 1.77 bits per heavy atom. The van der Waals surface area contributed by atoms with Gasteiger partial charge in [-0.05, 0) is 44.0 Å². The van der Waals surface area contributed by atoms with Crippen LogP contribution in [-0.4, -0.2) is 74.0 Å². The number of nitrogens with zero attached hydrogens (tertiary/aromatic N) is 2. The van der Waals surface area contributed by atoms with Crippen LogP contribution in [0.5, 0.6) is 0 Å². The first-order chi connectivity index (χ1) is 20.2. The van der Waals surface area contributed by atoms with Crippen LogP contribution in [0.15, 0.2) is 54.6 Å². The van der Waals surface area contributed by atoms with Crippen LogP contribution in [0.4, 0.5) is 5.69 Å². The number of rotatable bonds is 10. The second kappa shape index (κ2) is 12.3. The van der Waals surface area contributed by atoms with Crippen molar-refractivity contribution >= 4 is 41.2 Å². The Morgan fingerprint density at radius 3 is 2.35 bits per heavy atom. The van der Waals surface area contributed by atoms with E-state index in [9.17, 15) is 34.4 Å². The van der Waals surface area contributed by atoms with Gasteiger partial charge < -0.3 is 24.6 Å². The van der Waals surface area contributed by atoms with Gasteiger partial charge in [0.25, 0.3) is 17.3 Å². The summed E-state index contributed by atoms with van der Waals surface area (Å²) in [6, 6.07) is 14.1. The fourth-order valence-corrected chi connectivity index (χ4v) is 6.62. The molecule has 2 aromatic rings. The normalized spacial score (nSPS) is 24.8. The predicted molar refractivity (Wildman–Crippen MR) is 153 cm³/mol. The van der Waals surface area contributed by atoms with Gasteiger partial charge in [0.15, 0.2) is 0 Å². The molecule has 2 fully saturated rings. The molecule has 14 heteroatoms. The molecule has 0 aliphatic carbocycles. The number of thioether (sulfide) groups is 1. The first-order valence-corrected chi connectivity index (χ1v) is 14.5. The van der Waals surface area contributed by atoms with Crippen molar-refractivity contribution in [3.8, 4) is 0 Å². The predicted octanol–water partition coefficient (Wildman–Crippen LogP) is 2.29. The number of fused-ring (bicyclic) bond motifs is 1. The molecule has 2 unspecified atom stereocenters. The lowest BCUT2D eigenvalue weighted by Crippen LogP contribution is -2.87. The number of carbonyl (C=O) groups excluding carboxylic acids is 4. The van der Waals surface area contributed by atoms with Gasteiger partial charge in [0.2, 0.25) is 11.6 Å². The number of benzene rings is 2. The van der Waals surface area contributed by atoms with Crippen LogP contribution in [-0.2, 0) is 46.4 Å². The summed E-state index contributed by atoms with van der Waals surface area (Å²) in [6.07, 6.45) is -0.455. The topological polar surface area (TPSA) is 175 Å². The number of aliphatic hydroxyl groups is 1. The maximum Gasteiger partial charge on any atom is 0.360 e. The Kier molecular flexibility index (Phi) is 9.13. The van der Waals surface area contributed by atoms with E-state index in [2.05, 4.69) is 5.32 Å². The summed E-state index contributed by atoms with van der Waals surface area (Å²) in [5.74, 6) is -4.43. The van der Waals surface area contributed by atoms with Crippen molar-refractivity contribution < 1.29 is 43.4 Å². The number of nitrogens with one attached hydrogen (secondary N) is 1. The van der Waals surface area contributed by atoms with E-state index >= 15 is 0 Å². The van der Waals surface area contributed by atoms with Gasteiger partial charge in [0.05, 0.1) is 17.8 Å². The van der Waals surface area contributed by atoms with E-state index in [4.69, 9.17) is 14.2 Å². The summed E-state index contributed by atoms with van der Waals surface area (Å²) < 4.78 is 16.3. The molecule has 2 heterocycles. The van der Waals surface area contributed by atoms with Crippen molar-refractivity contribution in [2.45, 2.75) is 62.6 Å². The van der Waals surface area contributed by atoms with E-state index in [1.807, 2.05) is 0 Å². The molecule has 230 valence electrons. The van der Waals surface area contributed by atoms with Gasteiger partial charge in [-0.1, -0.05) is 30.3 Å². The van der Waals surface area contributed by atoms with E-state index in [1.165, 1.54) is 31.4 Å². The van der Waals surface area contributed by atoms with Crippen molar-refractivity contribution in [1.29, 1.82) is 0 Å². The third-order valence-corrected chi connectivity index (χ3v) is 8.47. The molecule has 2 aliphatic rings. The van der Waals surface area contributed by atoms with Gasteiger partial charge in [0, 0.05) is 30.9 Å². The minimum absolute atomic E-state index is 0.0104. The zero-order chi connectivity index (χ0) is 31.6. The number of amides is 2. The van der Waals surface area contributed by atoms with Crippen LogP contribution in [0.3, 0.4) is 0 Å². The van der Waals surface area contributed by atoms with E-state index < -0.39 is 63.4 Å². The first-order valence-electron chi connectivity index (χ1n) is 13.4. The van der Waals surface area contributed by atoms with Gasteiger partial charge >= 0.3 is 11.9 Å². The lowest BCUT2D eigenvalue weighted by molar-refractivity contribution is -0.384. The van der Waals surface area contributed by atoms with Crippen molar-refractivity contribution in [1.82, 2.24) is 10.2 Å². The first kappa shape index (κ1) is 31.9. The summed E-state index contributed by atoms with van der Waals surface area (Å²) in [6.45, 7) is 4.64. The number of hydrogen-bond donors (Lipinski definition) is 2. The largest absolute Gasteiger partial charge is 0.460 e. The maximum atomic E-state index is 13.7. The molecule has 2 N–H and O–H groups in total. The highest BCUT2D eigenvalue weighted by molar-refractivity contribution is 8.00. The van der Waals surface area contributed by atoms with E-state index in [-0.39, 0.29) is 24.5 Å². The average molecular weight is 616 g/mol. The Bertz CT molecular complexity index is 1400. The van der Waals surface area contributed by atoms with Crippen molar-refractivity contribution in [3.63, 3.8) is 0 Å². The van der Waals surface area contributed by atoms with Crippen LogP contribution in [0, 0.1) is 16.0 Å². The standard InChI is InChI=1S/C29H33N3O10S/c1-27(2,3)42-23(34)15-20-17-43-25-28(40-4,30-22(33)14-18-8-6-5-7-9-18)24(35)31(25)29(20,37)26(36)41-16-19-10-12-21(13-11-19)32(38)39/h5-13,20,25,37H,14-17H2,1-4H3,(H,30,33)/t20?,25-,28+,29?/m1/s1. The van der Waals surface area contributed by atoms with Gasteiger partial charge in [0.1, 0.15) is 17.6 Å². The molecule has 4 rings (SSSR count). The van der Waals surface area contributed by atoms with E-state index in [0.29, 0.717) is 11.1 Å². The molecule has 2 aliphatic heterocycles. The molecular formula is C29H33N3O10S. The van der Waals surface area contributed by atoms with Crippen molar-refractivity contribution in [2.75, 3.05) is 12.9 Å². The maximum absolute atomic E-state index is 13.7. The summed E-state index contributed by atoms with van der Waals surface area (Å²) in [7, 11) is 1.23. The van der Waals surface area contributed by atoms with Crippen molar-refractivity contribution in [3.05, 3.63) is 75.8 Å². The Morgan fingerprint density at radius 1 is 1.12 bits per heavy atom. The number of β-lactam (4-membered cyclic amide) rings is 1. The molecule has 2 amide bonds. The van der Waals surface area contributed by atoms with Gasteiger partial charge in [-0.3, -0.25) is 29.4 Å². The molecule has 4 atom stereocenters. The number of non-ortho nitro benzene ring substituents is 1. The summed E-state index contributed by atoms with van der Waals surface area (Å²) in [4.78, 5) is 64.2. The van der Waals surface area contributed by atoms with Crippen LogP contribution in [0.2, 0.25) is 0 Å². The van der Waals surface area contributed by atoms with Crippen LogP contribution < -0.4 is 5.32 Å². The Labute approximate surface area is 252 Å². The number of nitro groups is 1. The average Bonchev–Trinajstić information content (AvgIpc) is 2.95. The molecular weight excluding hydrogens is 582 g/mol. The van der Waals surface area contributed by atoms with Crippen LogP contribution in [0.25, 0.3) is 0 Å². The molecule has 0 saturated carbocycles. The number of nitro benzene ring substituents is 1. The number of ether oxygens (including phenoxy) is 3. The highest BCUT2D eigenvalue weighted by atomic mass is 32.2. The smallest absolute Gasteiger partial charge is 0.360 e. The Balaban J connectivity index is 1.58. The zero-order valence-corrected chi connectivity index (χ0v) is 24.9. The molecule has 2 saturated heterocycles. The third kappa shape index (κ3) is 6.50. The Hall–Kier alpha value is -4.01. The second-order valence-corrected chi connectivity index (χ2v) is 12.3. The number of esters is 2. The monoisotopic (exact) mass is 615 g/mol. The highest BCUT2D eigenvalue weighted by Crippen LogP contribution is 2.51. The molecule has 0 bridgehead atoms. The van der Waals surface area contributed by atoms with Crippen molar-refractivity contribution in [2.24, 2.45) is 5.92 Å². The second-order valence-electron chi connectivity index (χ2n) is 11.2. The SMILES string of the molecule is CO[C@@]1(NC(=O)Cc2ccccc2)C(=O)N2[C@@H]1SCC(CC(=O)OC(C)(C)C)C2(O)C(=O)OCc1ccc([N+](=O)[O-])cc1. The summed E-state index contributed by atoms with van der Waals surface area (Å²) in [5, 5.41) is 24.5. The quantitative estimate of drug-likeness (QED) is 0.132. The van der Waals surface area contributed by atoms with Crippen LogP contribution in [0.1, 0.15) is 38.3 Å². The molecule has 0 spiro atoms. The number of carbonyl (C=O) groups is 4. The zero-order valence-electron chi connectivity index (χ0n) is 24.1. The minimum atomic E-state index is -2.61. The van der Waals surface area contributed by atoms with Crippen LogP contribution >= 0.6 is 11.8 Å². The highest BCUT2D eigenvalue weighted by Gasteiger charge is 2.74. The lowest BCUT2D eigenvalue weighted by Gasteiger charge is -2.62. The lowest BCUT2D eigenvalue weighted by atomic mass is 9.85. The van der Waals surface area contributed by atoms with E-state index in [1.54, 1.807) is 51.1 Å². The summed E-state index contributed by atoms with van der Waals surface area (Å²) in [5.41, 5.74) is -4.39. The minimum Gasteiger partial charge on any atom is -0.460 e. The molecule has 0 aromatic heterocycles. The van der Waals surface area contributed by atoms with E-state index in [0.717, 1.165) is 16.7 Å². The van der Waals surface area contributed by atoms with Gasteiger partial charge in [-0.15, -0.1) is 11.8 Å². The van der Waals surface area contributed by atoms with Gasteiger partial charge in [-0.2, -0.15) is 0 Å². The number of hydrogen-bond acceptors (Lipinski definition) is 11. The van der Waals surface area contributed by atoms with Gasteiger partial charge in [-0.25, -0.2) is 4.79 Å². The molecule has 2 aromatic carbocycles.